The molecule has 2 N–H and O–H groups in total. The minimum Gasteiger partial charge on any atom is -0.505 e. The van der Waals surface area contributed by atoms with E-state index in [2.05, 4.69) is 10.3 Å². The highest BCUT2D eigenvalue weighted by Crippen LogP contribution is 2.31. The zero-order valence-corrected chi connectivity index (χ0v) is 10.2. The van der Waals surface area contributed by atoms with Crippen molar-refractivity contribution in [2.45, 2.75) is 13.8 Å². The number of nitrogens with one attached hydrogen (secondary N) is 1. The molecule has 0 spiro atoms. The van der Waals surface area contributed by atoms with E-state index in [-0.39, 0.29) is 5.75 Å². The number of hydrogen-bond donors (Lipinski definition) is 2. The molecule has 0 bridgehead atoms. The van der Waals surface area contributed by atoms with Gasteiger partial charge in [-0.1, -0.05) is 17.8 Å². The minimum absolute atomic E-state index is 0.150. The smallest absolute Gasteiger partial charge is 0.183 e. The third kappa shape index (κ3) is 2.91. The fourth-order valence-corrected chi connectivity index (χ4v) is 1.64. The highest BCUT2D eigenvalue weighted by atomic mass is 32.2. The van der Waals surface area contributed by atoms with Crippen LogP contribution in [0.15, 0.2) is 17.1 Å². The molecular formula is C11H13N3OS. The second kappa shape index (κ2) is 5.42. The molecule has 0 aromatic heterocycles. The topological polar surface area (TPSA) is 68.4 Å². The van der Waals surface area contributed by atoms with E-state index < -0.39 is 0 Å². The molecule has 84 valence electrons. The van der Waals surface area contributed by atoms with Gasteiger partial charge in [-0.2, -0.15) is 5.26 Å². The molecule has 0 amide bonds. The molecule has 1 rings (SSSR count). The van der Waals surface area contributed by atoms with Gasteiger partial charge in [0, 0.05) is 0 Å². The summed E-state index contributed by atoms with van der Waals surface area (Å²) in [5, 5.41) is 21.2. The minimum atomic E-state index is 0.150. The number of phenols is 1. The van der Waals surface area contributed by atoms with Crippen LogP contribution in [0.1, 0.15) is 11.1 Å². The van der Waals surface area contributed by atoms with Gasteiger partial charge in [-0.25, -0.2) is 4.99 Å². The van der Waals surface area contributed by atoms with Crippen LogP contribution >= 0.6 is 11.8 Å². The van der Waals surface area contributed by atoms with E-state index in [1.807, 2.05) is 26.2 Å². The largest absolute Gasteiger partial charge is 0.505 e. The maximum Gasteiger partial charge on any atom is 0.183 e. The van der Waals surface area contributed by atoms with Crippen LogP contribution in [0.2, 0.25) is 0 Å². The number of thioether (sulfide) groups is 1. The number of rotatable bonds is 1. The maximum absolute atomic E-state index is 9.81. The summed E-state index contributed by atoms with van der Waals surface area (Å²) in [5.74, 6) is 0.150. The Morgan fingerprint density at radius 3 is 2.75 bits per heavy atom. The lowest BCUT2D eigenvalue weighted by Crippen LogP contribution is -2.12. The molecule has 0 heterocycles. The number of amidine groups is 1. The Morgan fingerprint density at radius 2 is 2.19 bits per heavy atom. The third-order valence-electron chi connectivity index (χ3n) is 2.00. The first-order valence-corrected chi connectivity index (χ1v) is 5.89. The fourth-order valence-electron chi connectivity index (χ4n) is 1.30. The number of benzene rings is 1. The van der Waals surface area contributed by atoms with Crippen LogP contribution in [0.25, 0.3) is 0 Å². The second-order valence-electron chi connectivity index (χ2n) is 3.31. The first-order chi connectivity index (χ1) is 7.58. The van der Waals surface area contributed by atoms with Gasteiger partial charge in [-0.15, -0.1) is 0 Å². The van der Waals surface area contributed by atoms with Crippen LogP contribution < -0.4 is 5.32 Å². The molecule has 0 atom stereocenters. The van der Waals surface area contributed by atoms with Crippen LogP contribution in [0.5, 0.6) is 5.75 Å². The van der Waals surface area contributed by atoms with Gasteiger partial charge in [0.2, 0.25) is 0 Å². The van der Waals surface area contributed by atoms with Crippen LogP contribution in [0.3, 0.4) is 0 Å². The Morgan fingerprint density at radius 1 is 1.50 bits per heavy atom. The Bertz CT molecular complexity index is 463. The van der Waals surface area contributed by atoms with E-state index in [1.54, 1.807) is 12.3 Å². The molecule has 5 heteroatoms. The van der Waals surface area contributed by atoms with Crippen LogP contribution in [0.4, 0.5) is 5.69 Å². The molecule has 0 saturated heterocycles. The summed E-state index contributed by atoms with van der Waals surface area (Å²) >= 11 is 1.32. The average Bonchev–Trinajstić information content (AvgIpc) is 2.24. The average molecular weight is 235 g/mol. The molecule has 0 aliphatic rings. The molecule has 0 aliphatic heterocycles. The zero-order chi connectivity index (χ0) is 12.1. The van der Waals surface area contributed by atoms with Gasteiger partial charge in [0.25, 0.3) is 0 Å². The molecule has 1 aromatic rings. The Hall–Kier alpha value is -1.67. The molecule has 0 fully saturated rings. The molecule has 16 heavy (non-hydrogen) atoms. The van der Waals surface area contributed by atoms with Crippen molar-refractivity contribution in [3.05, 3.63) is 23.3 Å². The fraction of sp³-hybridized carbons (Fsp3) is 0.273. The predicted molar refractivity (Wildman–Crippen MR) is 66.9 cm³/mol. The van der Waals surface area contributed by atoms with Crippen molar-refractivity contribution in [2.75, 3.05) is 6.26 Å². The lowest BCUT2D eigenvalue weighted by atomic mass is 10.1. The van der Waals surface area contributed by atoms with E-state index in [0.717, 1.165) is 11.1 Å². The van der Waals surface area contributed by atoms with Crippen molar-refractivity contribution in [1.82, 2.24) is 5.32 Å². The van der Waals surface area contributed by atoms with Crippen LogP contribution in [0, 0.1) is 25.3 Å². The van der Waals surface area contributed by atoms with Crippen molar-refractivity contribution in [1.29, 1.82) is 5.26 Å². The number of nitriles is 1. The van der Waals surface area contributed by atoms with Gasteiger partial charge in [-0.05, 0) is 37.3 Å². The highest BCUT2D eigenvalue weighted by Gasteiger charge is 2.06. The summed E-state index contributed by atoms with van der Waals surface area (Å²) in [6.07, 6.45) is 3.61. The lowest BCUT2D eigenvalue weighted by Gasteiger charge is -2.06. The van der Waals surface area contributed by atoms with Gasteiger partial charge in [-0.3, -0.25) is 5.32 Å². The molecule has 0 saturated carbocycles. The van der Waals surface area contributed by atoms with Gasteiger partial charge in [0.15, 0.2) is 11.4 Å². The number of aromatic hydroxyl groups is 1. The van der Waals surface area contributed by atoms with Gasteiger partial charge in [0.1, 0.15) is 11.4 Å². The number of aryl methyl sites for hydroxylation is 2. The third-order valence-corrected chi connectivity index (χ3v) is 2.58. The Kier molecular flexibility index (Phi) is 4.20. The van der Waals surface area contributed by atoms with E-state index in [0.29, 0.717) is 10.9 Å². The summed E-state index contributed by atoms with van der Waals surface area (Å²) < 4.78 is 0. The summed E-state index contributed by atoms with van der Waals surface area (Å²) in [6.45, 7) is 3.75. The summed E-state index contributed by atoms with van der Waals surface area (Å²) in [5.41, 5.74) is 2.27. The molecule has 0 aliphatic carbocycles. The standard InChI is InChI=1S/C11H13N3OS/c1-7-4-8(2)10(15)9(5-7)14-11(16-3)13-6-12/h4-5,15H,1-3H3,(H,13,14). The number of nitrogens with zero attached hydrogens (tertiary/aromatic N) is 2. The number of hydrogen-bond acceptors (Lipinski definition) is 4. The van der Waals surface area contributed by atoms with Crippen molar-refractivity contribution < 1.29 is 5.11 Å². The quantitative estimate of drug-likeness (QED) is 0.339. The van der Waals surface area contributed by atoms with Crippen LogP contribution in [-0.2, 0) is 0 Å². The first-order valence-electron chi connectivity index (χ1n) is 4.66. The first kappa shape index (κ1) is 12.4. The van der Waals surface area contributed by atoms with Gasteiger partial charge >= 0.3 is 0 Å². The predicted octanol–water partition coefficient (Wildman–Crippen LogP) is 2.43. The van der Waals surface area contributed by atoms with Crippen molar-refractivity contribution in [3.8, 4) is 11.9 Å². The molecule has 0 unspecified atom stereocenters. The van der Waals surface area contributed by atoms with Gasteiger partial charge < -0.3 is 5.11 Å². The molecule has 1 aromatic carbocycles. The number of phenolic OH excluding ortho intramolecular Hbond substituents is 1. The number of aliphatic imine (C=N–C) groups is 1. The van der Waals surface area contributed by atoms with E-state index in [9.17, 15) is 5.11 Å². The summed E-state index contributed by atoms with van der Waals surface area (Å²) in [6, 6.07) is 3.66. The lowest BCUT2D eigenvalue weighted by molar-refractivity contribution is 0.472. The molecule has 0 radical (unpaired) electrons. The van der Waals surface area contributed by atoms with E-state index in [1.165, 1.54) is 11.8 Å². The SMILES string of the molecule is CSC(=Nc1cc(C)cc(C)c1O)NC#N. The zero-order valence-electron chi connectivity index (χ0n) is 9.40. The van der Waals surface area contributed by atoms with Gasteiger partial charge in [0.05, 0.1) is 0 Å². The highest BCUT2D eigenvalue weighted by molar-refractivity contribution is 8.13. The van der Waals surface area contributed by atoms with E-state index >= 15 is 0 Å². The summed E-state index contributed by atoms with van der Waals surface area (Å²) in [7, 11) is 0. The Balaban J connectivity index is 3.18. The maximum atomic E-state index is 9.81. The van der Waals surface area contributed by atoms with Crippen molar-refractivity contribution >= 4 is 22.6 Å². The monoisotopic (exact) mass is 235 g/mol. The molecule has 4 nitrogen and oxygen atoms in total. The molecular weight excluding hydrogens is 222 g/mol. The second-order valence-corrected chi connectivity index (χ2v) is 4.10. The summed E-state index contributed by atoms with van der Waals surface area (Å²) in [4.78, 5) is 4.18. The van der Waals surface area contributed by atoms with E-state index in [4.69, 9.17) is 5.26 Å². The normalized spacial score (nSPS) is 11.0. The van der Waals surface area contributed by atoms with Crippen molar-refractivity contribution in [2.24, 2.45) is 4.99 Å². The van der Waals surface area contributed by atoms with Crippen molar-refractivity contribution in [3.63, 3.8) is 0 Å². The van der Waals surface area contributed by atoms with Crippen LogP contribution in [-0.4, -0.2) is 16.5 Å². The Labute approximate surface area is 99.0 Å².